The third-order valence-electron chi connectivity index (χ3n) is 5.86. The van der Waals surface area contributed by atoms with Crippen LogP contribution >= 0.6 is 11.6 Å². The van der Waals surface area contributed by atoms with Gasteiger partial charge >= 0.3 is 5.97 Å². The monoisotopic (exact) mass is 532 g/mol. The number of rotatable bonds is 7. The average Bonchev–Trinajstić information content (AvgIpc) is 2.89. The van der Waals surface area contributed by atoms with Crippen LogP contribution in [-0.2, 0) is 26.1 Å². The molecule has 1 N–H and O–H groups in total. The zero-order chi connectivity index (χ0) is 25.9. The molecular formula is C24H25ClN4O6S. The number of halogens is 1. The number of nitrogens with zero attached hydrogens (tertiary/aromatic N) is 3. The van der Waals surface area contributed by atoms with Crippen LogP contribution in [0.4, 0.5) is 5.69 Å². The minimum Gasteiger partial charge on any atom is -0.451 e. The lowest BCUT2D eigenvalue weighted by Gasteiger charge is -2.26. The van der Waals surface area contributed by atoms with Gasteiger partial charge in [-0.3, -0.25) is 9.59 Å². The number of esters is 1. The van der Waals surface area contributed by atoms with Crippen molar-refractivity contribution in [3.05, 3.63) is 63.5 Å². The Labute approximate surface area is 212 Å². The van der Waals surface area contributed by atoms with Gasteiger partial charge in [-0.25, -0.2) is 17.9 Å². The highest BCUT2D eigenvalue weighted by atomic mass is 35.5. The van der Waals surface area contributed by atoms with E-state index in [1.54, 1.807) is 31.2 Å². The molecule has 1 fully saturated rings. The van der Waals surface area contributed by atoms with Gasteiger partial charge in [0.15, 0.2) is 12.3 Å². The Hall–Kier alpha value is -3.28. The van der Waals surface area contributed by atoms with E-state index in [1.807, 2.05) is 0 Å². The van der Waals surface area contributed by atoms with Gasteiger partial charge in [0.25, 0.3) is 11.5 Å². The molecule has 0 aliphatic carbocycles. The van der Waals surface area contributed by atoms with Crippen molar-refractivity contribution >= 4 is 50.0 Å². The zero-order valence-corrected chi connectivity index (χ0v) is 21.1. The quantitative estimate of drug-likeness (QED) is 0.463. The van der Waals surface area contributed by atoms with E-state index >= 15 is 0 Å². The number of benzene rings is 2. The Bertz CT molecular complexity index is 1480. The van der Waals surface area contributed by atoms with Gasteiger partial charge in [-0.1, -0.05) is 36.2 Å². The van der Waals surface area contributed by atoms with Crippen LogP contribution in [0.2, 0.25) is 5.02 Å². The van der Waals surface area contributed by atoms with Crippen LogP contribution in [0.25, 0.3) is 10.8 Å². The van der Waals surface area contributed by atoms with E-state index in [0.717, 1.165) is 23.9 Å². The number of piperidine rings is 1. The third-order valence-corrected chi connectivity index (χ3v) is 8.08. The number of sulfonamides is 1. The highest BCUT2D eigenvalue weighted by Crippen LogP contribution is 2.28. The molecule has 1 aliphatic rings. The summed E-state index contributed by atoms with van der Waals surface area (Å²) >= 11 is 6.18. The molecule has 0 saturated carbocycles. The van der Waals surface area contributed by atoms with Gasteiger partial charge in [-0.15, -0.1) is 0 Å². The standard InChI is InChI=1S/C24H25ClN4O6S/c1-2-29-23(31)18-9-5-4-8-17(18)22(27-29)24(32)35-15-21(30)26-20-14-16(10-11-19(20)25)36(33,34)28-12-6-3-7-13-28/h4-5,8-11,14H,2-3,6-7,12-13,15H2,1H3,(H,26,30). The highest BCUT2D eigenvalue weighted by molar-refractivity contribution is 7.89. The van der Waals surface area contributed by atoms with Gasteiger partial charge in [0, 0.05) is 25.0 Å². The number of carbonyl (C=O) groups is 2. The van der Waals surface area contributed by atoms with E-state index in [4.69, 9.17) is 16.3 Å². The number of ether oxygens (including phenoxy) is 1. The lowest BCUT2D eigenvalue weighted by atomic mass is 10.1. The van der Waals surface area contributed by atoms with E-state index in [2.05, 4.69) is 10.4 Å². The molecule has 36 heavy (non-hydrogen) atoms. The predicted octanol–water partition coefficient (Wildman–Crippen LogP) is 3.04. The second kappa shape index (κ2) is 10.8. The van der Waals surface area contributed by atoms with Gasteiger partial charge in [0.05, 0.1) is 21.0 Å². The maximum Gasteiger partial charge on any atom is 0.359 e. The van der Waals surface area contributed by atoms with Gasteiger partial charge < -0.3 is 10.1 Å². The molecule has 1 aliphatic heterocycles. The lowest BCUT2D eigenvalue weighted by Crippen LogP contribution is -2.35. The summed E-state index contributed by atoms with van der Waals surface area (Å²) in [4.78, 5) is 37.7. The maximum atomic E-state index is 13.0. The van der Waals surface area contributed by atoms with Crippen molar-refractivity contribution in [1.29, 1.82) is 0 Å². The summed E-state index contributed by atoms with van der Waals surface area (Å²) < 4.78 is 33.6. The van der Waals surface area contributed by atoms with Crippen molar-refractivity contribution < 1.29 is 22.7 Å². The number of anilines is 1. The van der Waals surface area contributed by atoms with Crippen LogP contribution in [0.1, 0.15) is 36.7 Å². The van der Waals surface area contributed by atoms with Crippen LogP contribution < -0.4 is 10.9 Å². The lowest BCUT2D eigenvalue weighted by molar-refractivity contribution is -0.119. The number of hydrogen-bond donors (Lipinski definition) is 1. The molecule has 1 aromatic heterocycles. The second-order valence-electron chi connectivity index (χ2n) is 8.25. The minimum absolute atomic E-state index is 0.0126. The zero-order valence-electron chi connectivity index (χ0n) is 19.6. The molecule has 1 amide bonds. The molecule has 190 valence electrons. The predicted molar refractivity (Wildman–Crippen MR) is 135 cm³/mol. The van der Waals surface area contributed by atoms with Crippen LogP contribution in [0, 0.1) is 0 Å². The van der Waals surface area contributed by atoms with Gasteiger partial charge in [0.2, 0.25) is 10.0 Å². The molecule has 2 aromatic carbocycles. The summed E-state index contributed by atoms with van der Waals surface area (Å²) in [6, 6.07) is 10.6. The van der Waals surface area contributed by atoms with Crippen LogP contribution in [0.5, 0.6) is 0 Å². The summed E-state index contributed by atoms with van der Waals surface area (Å²) in [5.41, 5.74) is -0.345. The topological polar surface area (TPSA) is 128 Å². The van der Waals surface area contributed by atoms with Crippen molar-refractivity contribution in [2.45, 2.75) is 37.6 Å². The number of hydrogen-bond acceptors (Lipinski definition) is 7. The number of nitrogens with one attached hydrogen (secondary N) is 1. The second-order valence-corrected chi connectivity index (χ2v) is 10.6. The largest absolute Gasteiger partial charge is 0.451 e. The molecule has 10 nitrogen and oxygen atoms in total. The van der Waals surface area contributed by atoms with Crippen LogP contribution in [0.3, 0.4) is 0 Å². The van der Waals surface area contributed by atoms with Crippen LogP contribution in [-0.4, -0.2) is 54.1 Å². The summed E-state index contributed by atoms with van der Waals surface area (Å²) in [6.07, 6.45) is 2.57. The summed E-state index contributed by atoms with van der Waals surface area (Å²) in [6.45, 7) is 2.18. The first-order valence-corrected chi connectivity index (χ1v) is 13.3. The fraction of sp³-hybridized carbons (Fsp3) is 0.333. The van der Waals surface area contributed by atoms with Crippen LogP contribution in [0.15, 0.2) is 52.2 Å². The first-order chi connectivity index (χ1) is 17.2. The molecule has 2 heterocycles. The SMILES string of the molecule is CCn1nc(C(=O)OCC(=O)Nc2cc(S(=O)(=O)N3CCCCC3)ccc2Cl)c2ccccc2c1=O. The number of carbonyl (C=O) groups excluding carboxylic acids is 2. The average molecular weight is 533 g/mol. The van der Waals surface area contributed by atoms with E-state index < -0.39 is 28.5 Å². The molecule has 0 unspecified atom stereocenters. The first-order valence-electron chi connectivity index (χ1n) is 11.5. The van der Waals surface area contributed by atoms with Gasteiger partial charge in [-0.2, -0.15) is 9.40 Å². The van der Waals surface area contributed by atoms with Crippen molar-refractivity contribution in [2.75, 3.05) is 25.0 Å². The first kappa shape index (κ1) is 25.8. The Morgan fingerprint density at radius 1 is 1.08 bits per heavy atom. The third kappa shape index (κ3) is 5.28. The molecule has 3 aromatic rings. The summed E-state index contributed by atoms with van der Waals surface area (Å²) in [7, 11) is -3.73. The van der Waals surface area contributed by atoms with Crippen molar-refractivity contribution in [3.8, 4) is 0 Å². The number of aromatic nitrogens is 2. The van der Waals surface area contributed by atoms with E-state index in [9.17, 15) is 22.8 Å². The Morgan fingerprint density at radius 3 is 2.47 bits per heavy atom. The Kier molecular flexibility index (Phi) is 7.72. The maximum absolute atomic E-state index is 13.0. The summed E-state index contributed by atoms with van der Waals surface area (Å²) in [5, 5.41) is 7.34. The molecule has 1 saturated heterocycles. The van der Waals surface area contributed by atoms with E-state index in [0.29, 0.717) is 23.9 Å². The Balaban J connectivity index is 1.48. The fourth-order valence-corrected chi connectivity index (χ4v) is 5.71. The smallest absolute Gasteiger partial charge is 0.359 e. The molecule has 0 spiro atoms. The fourth-order valence-electron chi connectivity index (χ4n) is 4.00. The molecule has 0 atom stereocenters. The van der Waals surface area contributed by atoms with Crippen molar-refractivity contribution in [2.24, 2.45) is 0 Å². The number of amides is 1. The molecule has 12 heteroatoms. The highest BCUT2D eigenvalue weighted by Gasteiger charge is 2.27. The molecule has 4 rings (SSSR count). The molecule has 0 radical (unpaired) electrons. The Morgan fingerprint density at radius 2 is 1.78 bits per heavy atom. The molecule has 0 bridgehead atoms. The van der Waals surface area contributed by atoms with Crippen molar-refractivity contribution in [3.63, 3.8) is 0 Å². The van der Waals surface area contributed by atoms with E-state index in [1.165, 1.54) is 22.5 Å². The minimum atomic E-state index is -3.73. The van der Waals surface area contributed by atoms with Gasteiger partial charge in [0.1, 0.15) is 0 Å². The van der Waals surface area contributed by atoms with Gasteiger partial charge in [-0.05, 0) is 44.0 Å². The summed E-state index contributed by atoms with van der Waals surface area (Å²) in [5.74, 6) is -1.60. The molecular weight excluding hydrogens is 508 g/mol. The number of aryl methyl sites for hydroxylation is 1. The van der Waals surface area contributed by atoms with E-state index in [-0.39, 0.29) is 33.4 Å². The number of fused-ring (bicyclic) bond motifs is 1. The van der Waals surface area contributed by atoms with Crippen molar-refractivity contribution in [1.82, 2.24) is 14.1 Å². The normalized spacial score (nSPS) is 14.5.